The average Bonchev–Trinajstić information content (AvgIpc) is 2.01. The molecule has 0 atom stereocenters. The molecule has 0 aliphatic heterocycles. The first-order chi connectivity index (χ1) is 4.74. The molecular weight excluding hydrogens is 120 g/mol. The SMILES string of the molecule is C=CC(C=C)(C=C)CCC. The van der Waals surface area contributed by atoms with E-state index >= 15 is 0 Å². The van der Waals surface area contributed by atoms with Crippen LogP contribution in [0.5, 0.6) is 0 Å². The van der Waals surface area contributed by atoms with Gasteiger partial charge in [0.2, 0.25) is 0 Å². The summed E-state index contributed by atoms with van der Waals surface area (Å²) in [6.07, 6.45) is 7.89. The molecule has 0 heteroatoms. The second-order valence-corrected chi connectivity index (χ2v) is 2.47. The van der Waals surface area contributed by atoms with Crippen LogP contribution in [0, 0.1) is 5.41 Å². The van der Waals surface area contributed by atoms with Crippen LogP contribution >= 0.6 is 0 Å². The van der Waals surface area contributed by atoms with Crippen molar-refractivity contribution in [3.8, 4) is 0 Å². The third kappa shape index (κ3) is 1.87. The first-order valence-corrected chi connectivity index (χ1v) is 3.65. The van der Waals surface area contributed by atoms with E-state index in [0.717, 1.165) is 12.8 Å². The summed E-state index contributed by atoms with van der Waals surface area (Å²) in [5.41, 5.74) is -0.0330. The quantitative estimate of drug-likeness (QED) is 0.508. The van der Waals surface area contributed by atoms with Gasteiger partial charge < -0.3 is 0 Å². The third-order valence-corrected chi connectivity index (χ3v) is 1.82. The van der Waals surface area contributed by atoms with Crippen LogP contribution in [0.1, 0.15) is 19.8 Å². The van der Waals surface area contributed by atoms with Crippen molar-refractivity contribution in [2.45, 2.75) is 19.8 Å². The maximum atomic E-state index is 3.75. The van der Waals surface area contributed by atoms with Gasteiger partial charge in [-0.1, -0.05) is 31.6 Å². The van der Waals surface area contributed by atoms with E-state index in [1.807, 2.05) is 18.2 Å². The summed E-state index contributed by atoms with van der Waals surface area (Å²) in [7, 11) is 0. The van der Waals surface area contributed by atoms with Gasteiger partial charge in [0, 0.05) is 5.41 Å². The highest BCUT2D eigenvalue weighted by atomic mass is 14.2. The van der Waals surface area contributed by atoms with E-state index in [1.54, 1.807) is 0 Å². The monoisotopic (exact) mass is 136 g/mol. The number of allylic oxidation sites excluding steroid dienone is 3. The molecule has 0 aliphatic rings. The first-order valence-electron chi connectivity index (χ1n) is 3.65. The topological polar surface area (TPSA) is 0 Å². The molecule has 0 radical (unpaired) electrons. The van der Waals surface area contributed by atoms with Gasteiger partial charge in [0.1, 0.15) is 0 Å². The summed E-state index contributed by atoms with van der Waals surface area (Å²) in [6.45, 7) is 13.4. The van der Waals surface area contributed by atoms with Crippen LogP contribution in [0.25, 0.3) is 0 Å². The summed E-state index contributed by atoms with van der Waals surface area (Å²) >= 11 is 0. The lowest BCUT2D eigenvalue weighted by molar-refractivity contribution is 0.557. The van der Waals surface area contributed by atoms with Crippen LogP contribution < -0.4 is 0 Å². The van der Waals surface area contributed by atoms with E-state index in [4.69, 9.17) is 0 Å². The molecule has 0 spiro atoms. The Balaban J connectivity index is 4.29. The van der Waals surface area contributed by atoms with Crippen molar-refractivity contribution in [2.75, 3.05) is 0 Å². The molecule has 0 heterocycles. The van der Waals surface area contributed by atoms with Gasteiger partial charge in [-0.2, -0.15) is 0 Å². The summed E-state index contributed by atoms with van der Waals surface area (Å²) in [5.74, 6) is 0. The second-order valence-electron chi connectivity index (χ2n) is 2.47. The van der Waals surface area contributed by atoms with Crippen LogP contribution in [0.2, 0.25) is 0 Å². The molecule has 0 aromatic heterocycles. The van der Waals surface area contributed by atoms with Crippen molar-refractivity contribution in [3.63, 3.8) is 0 Å². The number of hydrogen-bond donors (Lipinski definition) is 0. The fourth-order valence-corrected chi connectivity index (χ4v) is 0.989. The summed E-state index contributed by atoms with van der Waals surface area (Å²) in [5, 5.41) is 0. The van der Waals surface area contributed by atoms with Crippen LogP contribution in [0.3, 0.4) is 0 Å². The molecule has 10 heavy (non-hydrogen) atoms. The van der Waals surface area contributed by atoms with Gasteiger partial charge in [-0.15, -0.1) is 19.7 Å². The first kappa shape index (κ1) is 9.22. The molecule has 0 saturated heterocycles. The van der Waals surface area contributed by atoms with Crippen molar-refractivity contribution in [2.24, 2.45) is 5.41 Å². The fraction of sp³-hybridized carbons (Fsp3) is 0.400. The summed E-state index contributed by atoms with van der Waals surface area (Å²) in [6, 6.07) is 0. The Morgan fingerprint density at radius 2 is 1.50 bits per heavy atom. The highest BCUT2D eigenvalue weighted by Crippen LogP contribution is 2.27. The molecule has 0 bridgehead atoms. The lowest BCUT2D eigenvalue weighted by Gasteiger charge is -2.20. The molecule has 0 fully saturated rings. The lowest BCUT2D eigenvalue weighted by atomic mass is 9.84. The van der Waals surface area contributed by atoms with Gasteiger partial charge in [-0.05, 0) is 6.42 Å². The Morgan fingerprint density at radius 3 is 1.60 bits per heavy atom. The standard InChI is InChI=1S/C10H16/c1-5-9-10(6-2,7-3)8-4/h6-8H,2-5,9H2,1H3. The highest BCUT2D eigenvalue weighted by molar-refractivity contribution is 5.15. The van der Waals surface area contributed by atoms with Gasteiger partial charge in [-0.25, -0.2) is 0 Å². The Labute approximate surface area is 64.0 Å². The zero-order valence-electron chi connectivity index (χ0n) is 6.77. The van der Waals surface area contributed by atoms with Crippen molar-refractivity contribution < 1.29 is 0 Å². The molecule has 56 valence electrons. The minimum Gasteiger partial charge on any atom is -0.102 e. The van der Waals surface area contributed by atoms with Crippen LogP contribution in [-0.2, 0) is 0 Å². The van der Waals surface area contributed by atoms with Gasteiger partial charge >= 0.3 is 0 Å². The molecule has 0 aromatic carbocycles. The third-order valence-electron chi connectivity index (χ3n) is 1.82. The number of hydrogen-bond acceptors (Lipinski definition) is 0. The van der Waals surface area contributed by atoms with E-state index < -0.39 is 0 Å². The minimum absolute atomic E-state index is 0.0330. The Hall–Kier alpha value is -0.780. The Kier molecular flexibility index (Phi) is 3.78. The molecule has 0 nitrogen and oxygen atoms in total. The van der Waals surface area contributed by atoms with Gasteiger partial charge in [0.15, 0.2) is 0 Å². The van der Waals surface area contributed by atoms with Crippen molar-refractivity contribution in [1.82, 2.24) is 0 Å². The van der Waals surface area contributed by atoms with Gasteiger partial charge in [0.25, 0.3) is 0 Å². The molecule has 0 saturated carbocycles. The Morgan fingerprint density at radius 1 is 1.10 bits per heavy atom. The normalized spacial score (nSPS) is 10.5. The lowest BCUT2D eigenvalue weighted by Crippen LogP contribution is -2.08. The van der Waals surface area contributed by atoms with Crippen LogP contribution in [-0.4, -0.2) is 0 Å². The smallest absolute Gasteiger partial charge is 0.0234 e. The zero-order valence-corrected chi connectivity index (χ0v) is 6.77. The van der Waals surface area contributed by atoms with Gasteiger partial charge in [0.05, 0.1) is 0 Å². The molecule has 0 rings (SSSR count). The Bertz CT molecular complexity index is 109. The molecule has 0 amide bonds. The predicted octanol–water partition coefficient (Wildman–Crippen LogP) is 3.33. The second kappa shape index (κ2) is 4.10. The minimum atomic E-state index is -0.0330. The molecule has 0 aromatic rings. The zero-order chi connectivity index (χ0) is 8.04. The summed E-state index contributed by atoms with van der Waals surface area (Å²) in [4.78, 5) is 0. The van der Waals surface area contributed by atoms with Crippen molar-refractivity contribution in [3.05, 3.63) is 38.0 Å². The predicted molar refractivity (Wildman–Crippen MR) is 47.9 cm³/mol. The highest BCUT2D eigenvalue weighted by Gasteiger charge is 2.15. The van der Waals surface area contributed by atoms with Crippen LogP contribution in [0.15, 0.2) is 38.0 Å². The number of rotatable bonds is 5. The van der Waals surface area contributed by atoms with Gasteiger partial charge in [-0.3, -0.25) is 0 Å². The van der Waals surface area contributed by atoms with Crippen molar-refractivity contribution >= 4 is 0 Å². The summed E-state index contributed by atoms with van der Waals surface area (Å²) < 4.78 is 0. The fourth-order valence-electron chi connectivity index (χ4n) is 0.989. The van der Waals surface area contributed by atoms with Crippen molar-refractivity contribution in [1.29, 1.82) is 0 Å². The molecule has 0 unspecified atom stereocenters. The van der Waals surface area contributed by atoms with E-state index in [-0.39, 0.29) is 5.41 Å². The maximum Gasteiger partial charge on any atom is 0.0234 e. The average molecular weight is 136 g/mol. The van der Waals surface area contributed by atoms with Crippen LogP contribution in [0.4, 0.5) is 0 Å². The van der Waals surface area contributed by atoms with E-state index in [9.17, 15) is 0 Å². The van der Waals surface area contributed by atoms with E-state index in [0.29, 0.717) is 0 Å². The van der Waals surface area contributed by atoms with E-state index in [1.165, 1.54) is 0 Å². The molecule has 0 aliphatic carbocycles. The largest absolute Gasteiger partial charge is 0.102 e. The molecule has 0 N–H and O–H groups in total. The molecular formula is C10H16. The maximum absolute atomic E-state index is 3.75. The van der Waals surface area contributed by atoms with E-state index in [2.05, 4.69) is 26.7 Å².